The minimum atomic E-state index is -4.58. The van der Waals surface area contributed by atoms with Crippen LogP contribution in [-0.4, -0.2) is 68.5 Å². The first kappa shape index (κ1) is 66.2. The van der Waals surface area contributed by atoms with Crippen molar-refractivity contribution >= 4 is 13.7 Å². The SMILES string of the molecule is CC/C=C\C/C=C\C/C=C\C/C=C\CCCCCCCCCCCCCCCCCCCCCCCCCCCCC(=O)NC(COP(=O)([O-])OCC[N+](C)(C)C)C(O)/C=C/CCCCCCC. The van der Waals surface area contributed by atoms with Crippen LogP contribution >= 0.6 is 7.82 Å². The van der Waals surface area contributed by atoms with Crippen molar-refractivity contribution in [2.45, 2.75) is 270 Å². The molecule has 0 rings (SSSR count). The second kappa shape index (κ2) is 50.2. The van der Waals surface area contributed by atoms with E-state index in [9.17, 15) is 19.4 Å². The van der Waals surface area contributed by atoms with Crippen LogP contribution in [0.4, 0.5) is 0 Å². The third-order valence-corrected chi connectivity index (χ3v) is 13.7. The summed E-state index contributed by atoms with van der Waals surface area (Å²) in [7, 11) is 1.26. The van der Waals surface area contributed by atoms with E-state index in [-0.39, 0.29) is 19.1 Å². The van der Waals surface area contributed by atoms with Gasteiger partial charge in [0.15, 0.2) is 0 Å². The number of likely N-dealkylation sites (N-methyl/N-ethyl adjacent to an activating group) is 1. The molecule has 398 valence electrons. The lowest BCUT2D eigenvalue weighted by Gasteiger charge is -2.29. The Balaban J connectivity index is 3.75. The average molecular weight is 976 g/mol. The maximum absolute atomic E-state index is 12.8. The Morgan fingerprint density at radius 1 is 0.529 bits per heavy atom. The molecule has 0 bridgehead atoms. The van der Waals surface area contributed by atoms with Crippen molar-refractivity contribution in [2.75, 3.05) is 40.9 Å². The summed E-state index contributed by atoms with van der Waals surface area (Å²) in [4.78, 5) is 25.3. The van der Waals surface area contributed by atoms with Gasteiger partial charge >= 0.3 is 0 Å². The highest BCUT2D eigenvalue weighted by Gasteiger charge is 2.23. The number of carbonyl (C=O) groups excluding carboxylic acids is 1. The molecule has 1 amide bonds. The van der Waals surface area contributed by atoms with Crippen LogP contribution in [-0.2, 0) is 18.4 Å². The monoisotopic (exact) mass is 975 g/mol. The van der Waals surface area contributed by atoms with Gasteiger partial charge in [-0.1, -0.05) is 254 Å². The van der Waals surface area contributed by atoms with Gasteiger partial charge in [-0.2, -0.15) is 0 Å². The van der Waals surface area contributed by atoms with Gasteiger partial charge in [0.05, 0.1) is 39.9 Å². The summed E-state index contributed by atoms with van der Waals surface area (Å²) in [6.07, 6.45) is 67.9. The van der Waals surface area contributed by atoms with Crippen molar-refractivity contribution in [1.29, 1.82) is 0 Å². The molecule has 0 aliphatic heterocycles. The van der Waals surface area contributed by atoms with Gasteiger partial charge in [-0.15, -0.1) is 0 Å². The van der Waals surface area contributed by atoms with E-state index in [4.69, 9.17) is 9.05 Å². The highest BCUT2D eigenvalue weighted by Crippen LogP contribution is 2.38. The lowest BCUT2D eigenvalue weighted by molar-refractivity contribution is -0.870. The first-order chi connectivity index (χ1) is 33.0. The minimum Gasteiger partial charge on any atom is -0.756 e. The summed E-state index contributed by atoms with van der Waals surface area (Å²) < 4.78 is 23.1. The molecule has 3 unspecified atom stereocenters. The predicted octanol–water partition coefficient (Wildman–Crippen LogP) is 16.7. The molecule has 9 heteroatoms. The van der Waals surface area contributed by atoms with Crippen LogP contribution in [0.2, 0.25) is 0 Å². The Morgan fingerprint density at radius 3 is 1.31 bits per heavy atom. The number of quaternary nitrogens is 1. The molecule has 8 nitrogen and oxygen atoms in total. The fourth-order valence-corrected chi connectivity index (χ4v) is 8.99. The van der Waals surface area contributed by atoms with E-state index in [2.05, 4.69) is 67.8 Å². The number of allylic oxidation sites excluding steroid dienone is 9. The predicted molar refractivity (Wildman–Crippen MR) is 293 cm³/mol. The van der Waals surface area contributed by atoms with Crippen LogP contribution in [0, 0.1) is 0 Å². The third kappa shape index (κ3) is 52.0. The summed E-state index contributed by atoms with van der Waals surface area (Å²) in [5.74, 6) is -0.199. The fraction of sp³-hybridized carbons (Fsp3) is 0.814. The zero-order valence-electron chi connectivity index (χ0n) is 45.3. The van der Waals surface area contributed by atoms with Crippen LogP contribution in [0.1, 0.15) is 258 Å². The number of phosphoric ester groups is 1. The van der Waals surface area contributed by atoms with Crippen LogP contribution in [0.5, 0.6) is 0 Å². The molecule has 0 fully saturated rings. The van der Waals surface area contributed by atoms with Gasteiger partial charge in [-0.05, 0) is 57.8 Å². The molecule has 68 heavy (non-hydrogen) atoms. The first-order valence-corrected chi connectivity index (χ1v) is 30.1. The summed E-state index contributed by atoms with van der Waals surface area (Å²) in [6, 6.07) is -0.882. The number of aliphatic hydroxyl groups excluding tert-OH is 1. The van der Waals surface area contributed by atoms with E-state index in [0.717, 1.165) is 64.2 Å². The van der Waals surface area contributed by atoms with Gasteiger partial charge in [0.25, 0.3) is 7.82 Å². The summed E-state index contributed by atoms with van der Waals surface area (Å²) >= 11 is 0. The van der Waals surface area contributed by atoms with Gasteiger partial charge in [-0.25, -0.2) is 0 Å². The van der Waals surface area contributed by atoms with Crippen molar-refractivity contribution in [1.82, 2.24) is 5.32 Å². The Hall–Kier alpha value is -1.80. The lowest BCUT2D eigenvalue weighted by atomic mass is 10.0. The van der Waals surface area contributed by atoms with Gasteiger partial charge in [0.2, 0.25) is 5.91 Å². The van der Waals surface area contributed by atoms with Gasteiger partial charge < -0.3 is 28.8 Å². The van der Waals surface area contributed by atoms with Crippen molar-refractivity contribution in [2.24, 2.45) is 0 Å². The fourth-order valence-electron chi connectivity index (χ4n) is 8.26. The Morgan fingerprint density at radius 2 is 0.897 bits per heavy atom. The topological polar surface area (TPSA) is 108 Å². The van der Waals surface area contributed by atoms with Crippen LogP contribution in [0.15, 0.2) is 60.8 Å². The van der Waals surface area contributed by atoms with Crippen molar-refractivity contribution in [3.05, 3.63) is 60.8 Å². The quantitative estimate of drug-likeness (QED) is 0.0272. The van der Waals surface area contributed by atoms with Crippen molar-refractivity contribution < 1.29 is 32.9 Å². The van der Waals surface area contributed by atoms with Crippen LogP contribution in [0.25, 0.3) is 0 Å². The number of hydrogen-bond donors (Lipinski definition) is 2. The smallest absolute Gasteiger partial charge is 0.268 e. The van der Waals surface area contributed by atoms with E-state index < -0.39 is 20.0 Å². The molecule has 2 N–H and O–H groups in total. The second-order valence-electron chi connectivity index (χ2n) is 20.6. The van der Waals surface area contributed by atoms with Crippen molar-refractivity contribution in [3.8, 4) is 0 Å². The number of amides is 1. The molecule has 0 aromatic rings. The molecule has 3 atom stereocenters. The number of aliphatic hydroxyl groups is 1. The molecule has 0 saturated carbocycles. The maximum Gasteiger partial charge on any atom is 0.268 e. The highest BCUT2D eigenvalue weighted by molar-refractivity contribution is 7.45. The molecule has 0 aromatic carbocycles. The molecule has 0 saturated heterocycles. The van der Waals surface area contributed by atoms with Gasteiger partial charge in [-0.3, -0.25) is 9.36 Å². The minimum absolute atomic E-state index is 0.000744. The third-order valence-electron chi connectivity index (χ3n) is 12.7. The molecule has 0 heterocycles. The lowest BCUT2D eigenvalue weighted by Crippen LogP contribution is -2.45. The normalized spacial score (nSPS) is 14.4. The number of unbranched alkanes of at least 4 members (excludes halogenated alkanes) is 31. The zero-order chi connectivity index (χ0) is 49.9. The van der Waals surface area contributed by atoms with Crippen LogP contribution in [0.3, 0.4) is 0 Å². The van der Waals surface area contributed by atoms with E-state index in [0.29, 0.717) is 17.4 Å². The van der Waals surface area contributed by atoms with Crippen LogP contribution < -0.4 is 10.2 Å². The number of phosphoric acid groups is 1. The number of nitrogens with zero attached hydrogens (tertiary/aromatic N) is 1. The van der Waals surface area contributed by atoms with E-state index in [1.165, 1.54) is 173 Å². The largest absolute Gasteiger partial charge is 0.756 e. The molecule has 0 spiro atoms. The molecule has 0 aliphatic carbocycles. The number of nitrogens with one attached hydrogen (secondary N) is 1. The van der Waals surface area contributed by atoms with E-state index in [1.54, 1.807) is 6.08 Å². The number of rotatable bonds is 52. The second-order valence-corrected chi connectivity index (χ2v) is 22.0. The summed E-state index contributed by atoms with van der Waals surface area (Å²) in [6.45, 7) is 4.48. The molecule has 0 aliphatic rings. The molecular weight excluding hydrogens is 864 g/mol. The number of hydrogen-bond acceptors (Lipinski definition) is 6. The highest BCUT2D eigenvalue weighted by atomic mass is 31.2. The van der Waals surface area contributed by atoms with E-state index in [1.807, 2.05) is 27.2 Å². The molecule has 0 aromatic heterocycles. The molecule has 0 radical (unpaired) electrons. The number of carbonyl (C=O) groups is 1. The van der Waals surface area contributed by atoms with Gasteiger partial charge in [0.1, 0.15) is 13.2 Å². The Kier molecular flexibility index (Phi) is 48.8. The van der Waals surface area contributed by atoms with Gasteiger partial charge in [0, 0.05) is 6.42 Å². The summed E-state index contributed by atoms with van der Waals surface area (Å²) in [5, 5.41) is 13.7. The first-order valence-electron chi connectivity index (χ1n) is 28.7. The van der Waals surface area contributed by atoms with E-state index >= 15 is 0 Å². The molecular formula is C59H111N2O6P. The average Bonchev–Trinajstić information content (AvgIpc) is 3.30. The zero-order valence-corrected chi connectivity index (χ0v) is 46.2. The maximum atomic E-state index is 12.8. The Bertz CT molecular complexity index is 1290. The standard InChI is InChI=1S/C59H111N2O6P/c1-6-8-10-12-14-15-16-17-18-19-20-21-22-23-24-25-26-27-28-29-30-31-32-33-34-35-36-37-38-39-40-41-42-43-44-45-47-49-51-53-59(63)60-57(58(62)52-50-48-46-13-11-9-7-2)56-67-68(64,65)66-55-54-61(3,4)5/h8,10,14-15,17-18,20-21,50,52,57-58,62H,6-7,9,11-13,16,19,22-49,51,53-56H2,1-5H3,(H-,60,63,64,65)/b10-8-,15-14-,18-17-,21-20-,52-50+. The summed E-state index contributed by atoms with van der Waals surface area (Å²) in [5.41, 5.74) is 0. The Labute approximate surface area is 422 Å². The van der Waals surface area contributed by atoms with Crippen molar-refractivity contribution in [3.63, 3.8) is 0 Å².